The fourth-order valence-electron chi connectivity index (χ4n) is 3.13. The van der Waals surface area contributed by atoms with Crippen LogP contribution in [0.1, 0.15) is 42.9 Å². The second-order valence-corrected chi connectivity index (χ2v) is 8.98. The van der Waals surface area contributed by atoms with Crippen LogP contribution in [0.5, 0.6) is 0 Å². The smallest absolute Gasteiger partial charge is 0.274 e. The number of carbonyl (C=O) groups is 1. The molecule has 0 radical (unpaired) electrons. The maximum Gasteiger partial charge on any atom is 0.274 e. The molecular weight excluding hydrogens is 316 g/mol. The van der Waals surface area contributed by atoms with E-state index in [0.717, 1.165) is 31.5 Å². The van der Waals surface area contributed by atoms with Crippen molar-refractivity contribution in [1.29, 1.82) is 0 Å². The summed E-state index contributed by atoms with van der Waals surface area (Å²) in [7, 11) is -3.24. The lowest BCUT2D eigenvalue weighted by Gasteiger charge is -2.34. The predicted molar refractivity (Wildman–Crippen MR) is 86.7 cm³/mol. The minimum Gasteiger partial charge on any atom is -0.335 e. The van der Waals surface area contributed by atoms with Gasteiger partial charge >= 0.3 is 0 Å². The molecule has 1 amide bonds. The van der Waals surface area contributed by atoms with Crippen molar-refractivity contribution >= 4 is 15.9 Å². The number of piperazine rings is 1. The zero-order chi connectivity index (χ0) is 16.6. The first-order chi connectivity index (χ1) is 10.9. The monoisotopic (exact) mass is 340 g/mol. The third-order valence-corrected chi connectivity index (χ3v) is 6.89. The highest BCUT2D eigenvalue weighted by Gasteiger charge is 2.32. The Kier molecular flexibility index (Phi) is 4.46. The number of aryl methyl sites for hydroxylation is 2. The molecule has 0 aliphatic carbocycles. The van der Waals surface area contributed by atoms with E-state index in [4.69, 9.17) is 0 Å². The van der Waals surface area contributed by atoms with Gasteiger partial charge in [0, 0.05) is 38.4 Å². The van der Waals surface area contributed by atoms with Crippen LogP contribution < -0.4 is 0 Å². The lowest BCUT2D eigenvalue weighted by atomic mass is 10.1. The van der Waals surface area contributed by atoms with E-state index >= 15 is 0 Å². The first kappa shape index (κ1) is 16.4. The summed E-state index contributed by atoms with van der Waals surface area (Å²) in [5.41, 5.74) is 1.61. The molecule has 2 aliphatic heterocycles. The molecule has 1 fully saturated rings. The number of fused-ring (bicyclic) bond motifs is 1. The van der Waals surface area contributed by atoms with Crippen molar-refractivity contribution in [2.45, 2.75) is 44.9 Å². The molecule has 3 heterocycles. The van der Waals surface area contributed by atoms with Crippen LogP contribution in [0, 0.1) is 0 Å². The number of carbonyl (C=O) groups excluding carboxylic acids is 1. The molecular formula is C15H24N4O3S. The van der Waals surface area contributed by atoms with Crippen LogP contribution in [-0.4, -0.2) is 64.7 Å². The number of nitrogens with zero attached hydrogens (tertiary/aromatic N) is 4. The second kappa shape index (κ2) is 6.24. The molecule has 23 heavy (non-hydrogen) atoms. The SMILES string of the molecule is CC(C)S(=O)(=O)N1CCN(C(=O)c2cc3n(n2)CCCC3)CC1. The summed E-state index contributed by atoms with van der Waals surface area (Å²) in [5.74, 6) is -0.0894. The van der Waals surface area contributed by atoms with E-state index in [1.165, 1.54) is 4.31 Å². The molecule has 3 rings (SSSR count). The van der Waals surface area contributed by atoms with E-state index < -0.39 is 15.3 Å². The number of hydrogen-bond donors (Lipinski definition) is 0. The highest BCUT2D eigenvalue weighted by molar-refractivity contribution is 7.89. The van der Waals surface area contributed by atoms with Gasteiger partial charge in [-0.25, -0.2) is 8.42 Å². The molecule has 0 atom stereocenters. The van der Waals surface area contributed by atoms with Gasteiger partial charge in [-0.2, -0.15) is 9.40 Å². The molecule has 0 bridgehead atoms. The summed E-state index contributed by atoms with van der Waals surface area (Å²) in [6.07, 6.45) is 3.22. The number of aromatic nitrogens is 2. The highest BCUT2D eigenvalue weighted by Crippen LogP contribution is 2.18. The van der Waals surface area contributed by atoms with Crippen LogP contribution in [0.25, 0.3) is 0 Å². The zero-order valence-corrected chi connectivity index (χ0v) is 14.5. The Balaban J connectivity index is 1.66. The second-order valence-electron chi connectivity index (χ2n) is 6.49. The Bertz CT molecular complexity index is 664. The first-order valence-electron chi connectivity index (χ1n) is 8.24. The van der Waals surface area contributed by atoms with Crippen LogP contribution in [0.4, 0.5) is 0 Å². The molecule has 1 aromatic rings. The van der Waals surface area contributed by atoms with Crippen LogP contribution in [0.15, 0.2) is 6.07 Å². The fourth-order valence-corrected chi connectivity index (χ4v) is 4.40. The number of sulfonamides is 1. The van der Waals surface area contributed by atoms with E-state index in [1.54, 1.807) is 18.7 Å². The van der Waals surface area contributed by atoms with E-state index in [9.17, 15) is 13.2 Å². The molecule has 1 saturated heterocycles. The molecule has 2 aliphatic rings. The molecule has 0 saturated carbocycles. The van der Waals surface area contributed by atoms with Gasteiger partial charge in [0.15, 0.2) is 5.69 Å². The highest BCUT2D eigenvalue weighted by atomic mass is 32.2. The maximum absolute atomic E-state index is 12.6. The number of hydrogen-bond acceptors (Lipinski definition) is 4. The molecule has 0 N–H and O–H groups in total. The topological polar surface area (TPSA) is 75.5 Å². The Morgan fingerprint density at radius 1 is 1.13 bits per heavy atom. The lowest BCUT2D eigenvalue weighted by molar-refractivity contribution is 0.0690. The minimum atomic E-state index is -3.24. The van der Waals surface area contributed by atoms with Crippen molar-refractivity contribution in [3.63, 3.8) is 0 Å². The molecule has 8 heteroatoms. The van der Waals surface area contributed by atoms with Crippen LogP contribution in [0.2, 0.25) is 0 Å². The van der Waals surface area contributed by atoms with Crippen LogP contribution in [-0.2, 0) is 23.0 Å². The normalized spacial score (nSPS) is 19.9. The van der Waals surface area contributed by atoms with Gasteiger partial charge in [-0.05, 0) is 39.2 Å². The van der Waals surface area contributed by atoms with Crippen molar-refractivity contribution in [1.82, 2.24) is 19.0 Å². The zero-order valence-electron chi connectivity index (χ0n) is 13.7. The maximum atomic E-state index is 12.6. The van der Waals surface area contributed by atoms with E-state index in [1.807, 2.05) is 10.7 Å². The quantitative estimate of drug-likeness (QED) is 0.812. The van der Waals surface area contributed by atoms with Crippen molar-refractivity contribution in [3.8, 4) is 0 Å². The average molecular weight is 340 g/mol. The molecule has 128 valence electrons. The average Bonchev–Trinajstić information content (AvgIpc) is 2.98. The minimum absolute atomic E-state index is 0.0894. The van der Waals surface area contributed by atoms with E-state index in [0.29, 0.717) is 31.9 Å². The van der Waals surface area contributed by atoms with Crippen molar-refractivity contribution in [2.75, 3.05) is 26.2 Å². The summed E-state index contributed by atoms with van der Waals surface area (Å²) in [4.78, 5) is 14.3. The van der Waals surface area contributed by atoms with Crippen LogP contribution >= 0.6 is 0 Å². The summed E-state index contributed by atoms with van der Waals surface area (Å²) >= 11 is 0. The fraction of sp³-hybridized carbons (Fsp3) is 0.733. The van der Waals surface area contributed by atoms with Gasteiger partial charge in [-0.3, -0.25) is 9.48 Å². The standard InChI is InChI=1S/C15H24N4O3S/c1-12(2)23(21,22)18-9-7-17(8-10-18)15(20)14-11-13-5-3-4-6-19(13)16-14/h11-12H,3-10H2,1-2H3. The van der Waals surface area contributed by atoms with Gasteiger partial charge in [0.05, 0.1) is 5.25 Å². The third kappa shape index (κ3) is 3.14. The summed E-state index contributed by atoms with van der Waals surface area (Å²) in [6, 6.07) is 1.89. The Morgan fingerprint density at radius 2 is 1.83 bits per heavy atom. The Labute approximate surface area is 137 Å². The first-order valence-corrected chi connectivity index (χ1v) is 9.75. The van der Waals surface area contributed by atoms with Crippen molar-refractivity contribution in [3.05, 3.63) is 17.5 Å². The third-order valence-electron chi connectivity index (χ3n) is 4.62. The number of rotatable bonds is 3. The summed E-state index contributed by atoms with van der Waals surface area (Å²) < 4.78 is 27.8. The van der Waals surface area contributed by atoms with Gasteiger partial charge in [0.25, 0.3) is 5.91 Å². The van der Waals surface area contributed by atoms with Gasteiger partial charge in [0.1, 0.15) is 0 Å². The van der Waals surface area contributed by atoms with Crippen LogP contribution in [0.3, 0.4) is 0 Å². The molecule has 0 unspecified atom stereocenters. The molecule has 1 aromatic heterocycles. The number of amides is 1. The van der Waals surface area contributed by atoms with Crippen molar-refractivity contribution < 1.29 is 13.2 Å². The van der Waals surface area contributed by atoms with Gasteiger partial charge < -0.3 is 4.90 Å². The lowest BCUT2D eigenvalue weighted by Crippen LogP contribution is -2.52. The van der Waals surface area contributed by atoms with Gasteiger partial charge in [-0.1, -0.05) is 0 Å². The van der Waals surface area contributed by atoms with Gasteiger partial charge in [0.2, 0.25) is 10.0 Å². The van der Waals surface area contributed by atoms with Gasteiger partial charge in [-0.15, -0.1) is 0 Å². The van der Waals surface area contributed by atoms with E-state index in [-0.39, 0.29) is 5.91 Å². The summed E-state index contributed by atoms with van der Waals surface area (Å²) in [5, 5.41) is 3.99. The molecule has 7 nitrogen and oxygen atoms in total. The van der Waals surface area contributed by atoms with E-state index in [2.05, 4.69) is 5.10 Å². The Hall–Kier alpha value is -1.41. The Morgan fingerprint density at radius 3 is 2.43 bits per heavy atom. The van der Waals surface area contributed by atoms with Crippen molar-refractivity contribution in [2.24, 2.45) is 0 Å². The predicted octanol–water partition coefficient (Wildman–Crippen LogP) is 0.715. The largest absolute Gasteiger partial charge is 0.335 e. The summed E-state index contributed by atoms with van der Waals surface area (Å²) in [6.45, 7) is 5.81. The molecule has 0 aromatic carbocycles. The molecule has 0 spiro atoms.